The second-order valence-electron chi connectivity index (χ2n) is 8.58. The predicted molar refractivity (Wildman–Crippen MR) is 129 cm³/mol. The minimum Gasteiger partial charge on any atom is -0.465 e. The monoisotopic (exact) mass is 490 g/mol. The quantitative estimate of drug-likeness (QED) is 0.196. The number of unbranched alkanes of at least 4 members (excludes halogenated alkanes) is 6. The lowest BCUT2D eigenvalue weighted by Gasteiger charge is -2.31. The molecule has 34 heavy (non-hydrogen) atoms. The van der Waals surface area contributed by atoms with Crippen LogP contribution >= 0.6 is 0 Å². The van der Waals surface area contributed by atoms with Crippen LogP contribution in [-0.2, 0) is 33.7 Å². The van der Waals surface area contributed by atoms with Crippen molar-refractivity contribution < 1.29 is 32.3 Å². The Hall–Kier alpha value is -2.74. The fraction of sp³-hybridized carbons (Fsp3) is 0.500. The maximum absolute atomic E-state index is 13.3. The van der Waals surface area contributed by atoms with Gasteiger partial charge in [-0.1, -0.05) is 56.4 Å². The van der Waals surface area contributed by atoms with Crippen molar-refractivity contribution in [2.24, 2.45) is 0 Å². The van der Waals surface area contributed by atoms with Crippen LogP contribution in [0.2, 0.25) is 0 Å². The molecule has 7 nitrogen and oxygen atoms in total. The molecule has 1 aromatic rings. The van der Waals surface area contributed by atoms with E-state index in [1.807, 2.05) is 6.92 Å². The lowest BCUT2D eigenvalue weighted by molar-refractivity contribution is -0.159. The lowest BCUT2D eigenvalue weighted by Crippen LogP contribution is -2.44. The molecule has 1 aliphatic carbocycles. The summed E-state index contributed by atoms with van der Waals surface area (Å²) in [6.45, 7) is 3.57. The van der Waals surface area contributed by atoms with Gasteiger partial charge in [0, 0.05) is 6.92 Å². The number of benzene rings is 1. The summed E-state index contributed by atoms with van der Waals surface area (Å²) in [5.41, 5.74) is -1.60. The van der Waals surface area contributed by atoms with Crippen LogP contribution in [0.5, 0.6) is 0 Å². The van der Waals surface area contributed by atoms with Gasteiger partial charge in [-0.25, -0.2) is 8.42 Å². The lowest BCUT2D eigenvalue weighted by atomic mass is 9.87. The van der Waals surface area contributed by atoms with Crippen molar-refractivity contribution in [2.45, 2.75) is 88.2 Å². The van der Waals surface area contributed by atoms with E-state index in [1.165, 1.54) is 37.3 Å². The first-order chi connectivity index (χ1) is 16.2. The van der Waals surface area contributed by atoms with Crippen molar-refractivity contribution in [3.63, 3.8) is 0 Å². The fourth-order valence-corrected chi connectivity index (χ4v) is 5.48. The molecule has 0 fully saturated rings. The van der Waals surface area contributed by atoms with Crippen LogP contribution in [0.3, 0.4) is 0 Å². The highest BCUT2D eigenvalue weighted by Crippen LogP contribution is 2.34. The summed E-state index contributed by atoms with van der Waals surface area (Å²) in [4.78, 5) is 35.1. The molecular weight excluding hydrogens is 456 g/mol. The van der Waals surface area contributed by atoms with Gasteiger partial charge in [-0.2, -0.15) is 0 Å². The third-order valence-corrected chi connectivity index (χ3v) is 7.63. The van der Waals surface area contributed by atoms with E-state index in [-0.39, 0.29) is 22.3 Å². The summed E-state index contributed by atoms with van der Waals surface area (Å²) in [5, 5.41) is 0. The van der Waals surface area contributed by atoms with Gasteiger partial charge in [-0.15, -0.1) is 0 Å². The summed E-state index contributed by atoms with van der Waals surface area (Å²) in [7, 11) is -4.04. The Kier molecular flexibility index (Phi) is 10.7. The SMILES string of the molecule is CC(=O)OC1(CCCCCCCCCC(C)OC=O)C=CC=C(S(=O)(=O)c2ccccc2)C1=O. The number of hydrogen-bond acceptors (Lipinski definition) is 7. The topological polar surface area (TPSA) is 104 Å². The first-order valence-corrected chi connectivity index (χ1v) is 13.2. The molecule has 1 aromatic carbocycles. The number of sulfone groups is 1. The summed E-state index contributed by atoms with van der Waals surface area (Å²) in [5.74, 6) is -1.34. The molecule has 1 aliphatic rings. The Morgan fingerprint density at radius 2 is 1.65 bits per heavy atom. The van der Waals surface area contributed by atoms with Crippen LogP contribution in [0, 0.1) is 0 Å². The summed E-state index contributed by atoms with van der Waals surface area (Å²) in [6.07, 6.45) is 11.8. The molecule has 0 amide bonds. The van der Waals surface area contributed by atoms with Crippen LogP contribution in [0.1, 0.15) is 71.6 Å². The van der Waals surface area contributed by atoms with Crippen molar-refractivity contribution in [3.8, 4) is 0 Å². The number of carbonyl (C=O) groups excluding carboxylic acids is 3. The van der Waals surface area contributed by atoms with Gasteiger partial charge < -0.3 is 9.47 Å². The number of allylic oxidation sites excluding steroid dienone is 2. The van der Waals surface area contributed by atoms with Gasteiger partial charge in [0.15, 0.2) is 5.60 Å². The van der Waals surface area contributed by atoms with E-state index >= 15 is 0 Å². The van der Waals surface area contributed by atoms with Gasteiger partial charge in [0.25, 0.3) is 6.47 Å². The van der Waals surface area contributed by atoms with Crippen LogP contribution in [0.15, 0.2) is 58.4 Å². The second kappa shape index (κ2) is 13.2. The van der Waals surface area contributed by atoms with Crippen LogP contribution in [0.4, 0.5) is 0 Å². The molecule has 186 valence electrons. The predicted octanol–water partition coefficient (Wildman–Crippen LogP) is 4.86. The van der Waals surface area contributed by atoms with Crippen LogP contribution in [0.25, 0.3) is 0 Å². The first kappa shape index (κ1) is 27.5. The minimum absolute atomic E-state index is 0.0220. The van der Waals surface area contributed by atoms with E-state index < -0.39 is 27.2 Å². The molecule has 0 heterocycles. The molecule has 0 aliphatic heterocycles. The van der Waals surface area contributed by atoms with Crippen molar-refractivity contribution in [1.82, 2.24) is 0 Å². The average molecular weight is 491 g/mol. The molecule has 0 spiro atoms. The molecular formula is C26H34O7S. The van der Waals surface area contributed by atoms with Gasteiger partial charge in [0.05, 0.1) is 11.0 Å². The Morgan fingerprint density at radius 3 is 2.26 bits per heavy atom. The van der Waals surface area contributed by atoms with Crippen LogP contribution < -0.4 is 0 Å². The first-order valence-electron chi connectivity index (χ1n) is 11.8. The second-order valence-corrected chi connectivity index (χ2v) is 10.5. The third kappa shape index (κ3) is 7.65. The van der Waals surface area contributed by atoms with Crippen molar-refractivity contribution in [1.29, 1.82) is 0 Å². The highest BCUT2D eigenvalue weighted by molar-refractivity contribution is 7.96. The number of ketones is 1. The Morgan fingerprint density at radius 1 is 1.03 bits per heavy atom. The smallest absolute Gasteiger partial charge is 0.303 e. The van der Waals surface area contributed by atoms with Gasteiger partial charge in [-0.3, -0.25) is 14.4 Å². The molecule has 8 heteroatoms. The number of carbonyl (C=O) groups is 3. The zero-order chi connectivity index (χ0) is 25.0. The molecule has 2 rings (SSSR count). The van der Waals surface area contributed by atoms with Crippen molar-refractivity contribution in [3.05, 3.63) is 53.5 Å². The molecule has 0 bridgehead atoms. The van der Waals surface area contributed by atoms with E-state index in [9.17, 15) is 22.8 Å². The Balaban J connectivity index is 1.92. The van der Waals surface area contributed by atoms with Gasteiger partial charge in [-0.05, 0) is 56.9 Å². The molecule has 2 atom stereocenters. The molecule has 0 radical (unpaired) electrons. The summed E-state index contributed by atoms with van der Waals surface area (Å²) >= 11 is 0. The third-order valence-electron chi connectivity index (χ3n) is 5.84. The molecule has 0 aromatic heterocycles. The van der Waals surface area contributed by atoms with E-state index in [4.69, 9.17) is 9.47 Å². The van der Waals surface area contributed by atoms with Crippen molar-refractivity contribution >= 4 is 28.1 Å². The van der Waals surface area contributed by atoms with E-state index in [2.05, 4.69) is 0 Å². The highest BCUT2D eigenvalue weighted by Gasteiger charge is 2.45. The summed E-state index contributed by atoms with van der Waals surface area (Å²) < 4.78 is 36.4. The van der Waals surface area contributed by atoms with Crippen molar-refractivity contribution in [2.75, 3.05) is 0 Å². The molecule has 0 saturated carbocycles. The maximum Gasteiger partial charge on any atom is 0.303 e. The summed E-state index contributed by atoms with van der Waals surface area (Å²) in [6, 6.07) is 7.75. The number of hydrogen-bond donors (Lipinski definition) is 0. The number of esters is 1. The maximum atomic E-state index is 13.3. The van der Waals surface area contributed by atoms with Gasteiger partial charge in [0.2, 0.25) is 15.6 Å². The molecule has 0 saturated heterocycles. The van der Waals surface area contributed by atoms with Gasteiger partial charge in [0.1, 0.15) is 4.91 Å². The zero-order valence-electron chi connectivity index (χ0n) is 19.9. The normalized spacial score (nSPS) is 18.8. The number of ether oxygens (including phenoxy) is 2. The average Bonchev–Trinajstić information content (AvgIpc) is 2.80. The van der Waals surface area contributed by atoms with Crippen LogP contribution in [-0.4, -0.2) is 38.3 Å². The fourth-order valence-electron chi connectivity index (χ4n) is 4.04. The Bertz CT molecular complexity index is 995. The Labute approximate surface area is 202 Å². The molecule has 2 unspecified atom stereocenters. The minimum atomic E-state index is -4.04. The van der Waals surface area contributed by atoms with E-state index in [1.54, 1.807) is 18.2 Å². The highest BCUT2D eigenvalue weighted by atomic mass is 32.2. The largest absolute Gasteiger partial charge is 0.465 e. The van der Waals surface area contributed by atoms with Gasteiger partial charge >= 0.3 is 5.97 Å². The number of Topliss-reactive ketones (excluding diaryl/α,β-unsaturated/α-hetero) is 1. The standard InChI is InChI=1S/C26H34O7S/c1-21(32-20-27)14-9-6-4-3-5-7-12-18-26(33-22(2)28)19-13-17-24(25(26)29)34(30,31)23-15-10-8-11-16-23/h8,10-11,13,15-17,19-21H,3-7,9,12,14,18H2,1-2H3. The molecule has 0 N–H and O–H groups in total. The zero-order valence-corrected chi connectivity index (χ0v) is 20.7. The number of rotatable bonds is 15. The van der Waals surface area contributed by atoms with E-state index in [0.29, 0.717) is 12.9 Å². The van der Waals surface area contributed by atoms with E-state index in [0.717, 1.165) is 44.9 Å².